The number of nitrogens with zero attached hydrogens (tertiary/aromatic N) is 3. The lowest BCUT2D eigenvalue weighted by Crippen LogP contribution is -2.27. The Balaban J connectivity index is 2.44. The van der Waals surface area contributed by atoms with Crippen molar-refractivity contribution in [3.63, 3.8) is 0 Å². The molecule has 0 bridgehead atoms. The number of hydrogen-bond acceptors (Lipinski definition) is 5. The molecule has 0 spiro atoms. The summed E-state index contributed by atoms with van der Waals surface area (Å²) in [7, 11) is 1.60. The summed E-state index contributed by atoms with van der Waals surface area (Å²) >= 11 is 0. The minimum Gasteiger partial charge on any atom is -0.507 e. The third-order valence-corrected chi connectivity index (χ3v) is 2.83. The highest BCUT2D eigenvalue weighted by Gasteiger charge is 2.13. The molecule has 1 heterocycles. The van der Waals surface area contributed by atoms with Crippen LogP contribution in [-0.4, -0.2) is 39.7 Å². The van der Waals surface area contributed by atoms with Crippen LogP contribution in [0.1, 0.15) is 5.56 Å². The van der Waals surface area contributed by atoms with Crippen LogP contribution >= 0.6 is 0 Å². The van der Waals surface area contributed by atoms with Gasteiger partial charge in [-0.25, -0.2) is 9.97 Å². The summed E-state index contributed by atoms with van der Waals surface area (Å²) in [5, 5.41) is 18.7. The highest BCUT2D eigenvalue weighted by atomic mass is 16.4. The summed E-state index contributed by atoms with van der Waals surface area (Å²) in [6, 6.07) is 6.87. The summed E-state index contributed by atoms with van der Waals surface area (Å²) in [6.45, 7) is 1.64. The lowest BCUT2D eigenvalue weighted by atomic mass is 10.1. The van der Waals surface area contributed by atoms with Gasteiger partial charge in [0.15, 0.2) is 0 Å². The Morgan fingerprint density at radius 2 is 2.05 bits per heavy atom. The van der Waals surface area contributed by atoms with Gasteiger partial charge in [0.25, 0.3) is 0 Å². The van der Waals surface area contributed by atoms with E-state index in [4.69, 9.17) is 5.11 Å². The number of aromatic hydroxyl groups is 1. The molecule has 0 fully saturated rings. The predicted octanol–water partition coefficient (Wildman–Crippen LogP) is 1.68. The number of aryl methyl sites for hydroxylation is 1. The molecule has 2 N–H and O–H groups in total. The molecule has 6 heteroatoms. The first-order valence-electron chi connectivity index (χ1n) is 6.04. The third-order valence-electron chi connectivity index (χ3n) is 2.83. The predicted molar refractivity (Wildman–Crippen MR) is 74.8 cm³/mol. The largest absolute Gasteiger partial charge is 0.507 e. The summed E-state index contributed by atoms with van der Waals surface area (Å²) in [5.41, 5.74) is 1.99. The number of rotatable bonds is 4. The zero-order valence-electron chi connectivity index (χ0n) is 11.2. The number of anilines is 1. The Bertz CT molecular complexity index is 643. The molecule has 6 nitrogen and oxygen atoms in total. The van der Waals surface area contributed by atoms with Crippen molar-refractivity contribution in [1.29, 1.82) is 0 Å². The van der Waals surface area contributed by atoms with E-state index in [0.29, 0.717) is 17.2 Å². The maximum atomic E-state index is 10.7. The minimum atomic E-state index is -0.958. The van der Waals surface area contributed by atoms with E-state index in [0.717, 1.165) is 5.56 Å². The Morgan fingerprint density at radius 3 is 2.70 bits per heavy atom. The van der Waals surface area contributed by atoms with Gasteiger partial charge in [0.1, 0.15) is 12.3 Å². The van der Waals surface area contributed by atoms with Crippen molar-refractivity contribution in [3.8, 4) is 17.0 Å². The van der Waals surface area contributed by atoms with Crippen molar-refractivity contribution < 1.29 is 15.0 Å². The molecule has 0 saturated heterocycles. The van der Waals surface area contributed by atoms with Crippen molar-refractivity contribution in [3.05, 3.63) is 36.0 Å². The van der Waals surface area contributed by atoms with Gasteiger partial charge in [-0.05, 0) is 24.6 Å². The second-order valence-electron chi connectivity index (χ2n) is 4.47. The fraction of sp³-hybridized carbons (Fsp3) is 0.214. The maximum Gasteiger partial charge on any atom is 0.323 e. The van der Waals surface area contributed by atoms with E-state index in [9.17, 15) is 9.90 Å². The molecule has 1 aromatic heterocycles. The maximum absolute atomic E-state index is 10.7. The highest BCUT2D eigenvalue weighted by Crippen LogP contribution is 2.30. The number of para-hydroxylation sites is 1. The lowest BCUT2D eigenvalue weighted by Gasteiger charge is -2.16. The standard InChI is InChI=1S/C14H15N3O3/c1-9-7-15-14(17(2)8-12(19)20)16-13(9)10-5-3-4-6-11(10)18/h3-7,18H,8H2,1-2H3,(H,19,20). The highest BCUT2D eigenvalue weighted by molar-refractivity contribution is 5.73. The van der Waals surface area contributed by atoms with Gasteiger partial charge in [-0.1, -0.05) is 12.1 Å². The van der Waals surface area contributed by atoms with E-state index < -0.39 is 5.97 Å². The summed E-state index contributed by atoms with van der Waals surface area (Å²) in [5.74, 6) is -0.529. The number of carbonyl (C=O) groups is 1. The van der Waals surface area contributed by atoms with Gasteiger partial charge >= 0.3 is 5.97 Å². The summed E-state index contributed by atoms with van der Waals surface area (Å²) < 4.78 is 0. The normalized spacial score (nSPS) is 10.3. The third kappa shape index (κ3) is 2.85. The molecule has 2 rings (SSSR count). The average Bonchev–Trinajstić information content (AvgIpc) is 2.39. The van der Waals surface area contributed by atoms with Gasteiger partial charge in [0.2, 0.25) is 5.95 Å². The van der Waals surface area contributed by atoms with E-state index in [2.05, 4.69) is 9.97 Å². The molecule has 0 unspecified atom stereocenters. The molecule has 0 atom stereocenters. The topological polar surface area (TPSA) is 86.6 Å². The van der Waals surface area contributed by atoms with Gasteiger partial charge in [-0.3, -0.25) is 4.79 Å². The van der Waals surface area contributed by atoms with Crippen LogP contribution in [0.3, 0.4) is 0 Å². The van der Waals surface area contributed by atoms with Gasteiger partial charge < -0.3 is 15.1 Å². The van der Waals surface area contributed by atoms with E-state index in [1.165, 1.54) is 4.90 Å². The number of carboxylic acids is 1. The van der Waals surface area contributed by atoms with Crippen molar-refractivity contribution >= 4 is 11.9 Å². The number of phenolic OH excluding ortho intramolecular Hbond substituents is 1. The first-order valence-corrected chi connectivity index (χ1v) is 6.04. The molecule has 0 aliphatic carbocycles. The number of hydrogen-bond donors (Lipinski definition) is 2. The number of aromatic nitrogens is 2. The van der Waals surface area contributed by atoms with E-state index in [1.807, 2.05) is 6.92 Å². The number of benzene rings is 1. The summed E-state index contributed by atoms with van der Waals surface area (Å²) in [4.78, 5) is 20.6. The smallest absolute Gasteiger partial charge is 0.323 e. The Morgan fingerprint density at radius 1 is 1.35 bits per heavy atom. The van der Waals surface area contributed by atoms with Crippen LogP contribution in [0.5, 0.6) is 5.75 Å². The van der Waals surface area contributed by atoms with E-state index in [1.54, 1.807) is 37.5 Å². The van der Waals surface area contributed by atoms with Crippen LogP contribution in [0.15, 0.2) is 30.5 Å². The molecule has 104 valence electrons. The van der Waals surface area contributed by atoms with Crippen LogP contribution in [0.2, 0.25) is 0 Å². The fourth-order valence-electron chi connectivity index (χ4n) is 1.84. The molecule has 1 aromatic carbocycles. The van der Waals surface area contributed by atoms with Crippen molar-refractivity contribution in [1.82, 2.24) is 9.97 Å². The van der Waals surface area contributed by atoms with Gasteiger partial charge in [-0.15, -0.1) is 0 Å². The average molecular weight is 273 g/mol. The first-order chi connectivity index (χ1) is 9.49. The zero-order valence-corrected chi connectivity index (χ0v) is 11.2. The monoisotopic (exact) mass is 273 g/mol. The second-order valence-corrected chi connectivity index (χ2v) is 4.47. The molecule has 0 aliphatic heterocycles. The molecule has 0 saturated carbocycles. The fourth-order valence-corrected chi connectivity index (χ4v) is 1.84. The molecule has 0 aliphatic rings. The summed E-state index contributed by atoms with van der Waals surface area (Å²) in [6.07, 6.45) is 1.61. The number of aliphatic carboxylic acids is 1. The van der Waals surface area contributed by atoms with Crippen LogP contribution in [-0.2, 0) is 4.79 Å². The van der Waals surface area contributed by atoms with Gasteiger partial charge in [0, 0.05) is 18.8 Å². The minimum absolute atomic E-state index is 0.126. The Kier molecular flexibility index (Phi) is 3.84. The number of carboxylic acid groups (broad SMARTS) is 1. The van der Waals surface area contributed by atoms with Crippen LogP contribution in [0.4, 0.5) is 5.95 Å². The van der Waals surface area contributed by atoms with Crippen LogP contribution in [0, 0.1) is 6.92 Å². The lowest BCUT2D eigenvalue weighted by molar-refractivity contribution is -0.135. The number of likely N-dealkylation sites (N-methyl/N-ethyl adjacent to an activating group) is 1. The van der Waals surface area contributed by atoms with Gasteiger partial charge in [-0.2, -0.15) is 0 Å². The second kappa shape index (κ2) is 5.56. The Hall–Kier alpha value is -2.63. The SMILES string of the molecule is Cc1cnc(N(C)CC(=O)O)nc1-c1ccccc1O. The molecular formula is C14H15N3O3. The van der Waals surface area contributed by atoms with Crippen molar-refractivity contribution in [2.45, 2.75) is 6.92 Å². The van der Waals surface area contributed by atoms with Crippen LogP contribution in [0.25, 0.3) is 11.3 Å². The zero-order chi connectivity index (χ0) is 14.7. The number of phenols is 1. The molecule has 0 radical (unpaired) electrons. The van der Waals surface area contributed by atoms with E-state index >= 15 is 0 Å². The quantitative estimate of drug-likeness (QED) is 0.881. The molecule has 2 aromatic rings. The van der Waals surface area contributed by atoms with E-state index in [-0.39, 0.29) is 12.3 Å². The molecule has 0 amide bonds. The molecular weight excluding hydrogens is 258 g/mol. The van der Waals surface area contributed by atoms with Crippen molar-refractivity contribution in [2.75, 3.05) is 18.5 Å². The first kappa shape index (κ1) is 13.8. The molecule has 20 heavy (non-hydrogen) atoms. The van der Waals surface area contributed by atoms with Gasteiger partial charge in [0.05, 0.1) is 5.69 Å². The van der Waals surface area contributed by atoms with Crippen LogP contribution < -0.4 is 4.90 Å². The Labute approximate surface area is 116 Å². The van der Waals surface area contributed by atoms with Crippen molar-refractivity contribution in [2.24, 2.45) is 0 Å².